The Morgan fingerprint density at radius 1 is 1.12 bits per heavy atom. The third-order valence-corrected chi connectivity index (χ3v) is 6.59. The van der Waals surface area contributed by atoms with Crippen LogP contribution in [0.25, 0.3) is 0 Å². The van der Waals surface area contributed by atoms with Crippen LogP contribution in [-0.4, -0.2) is 20.1 Å². The lowest BCUT2D eigenvalue weighted by molar-refractivity contribution is 0.166. The van der Waals surface area contributed by atoms with Crippen molar-refractivity contribution < 1.29 is 13.5 Å². The quantitative estimate of drug-likeness (QED) is 0.847. The normalized spacial score (nSPS) is 18.1. The van der Waals surface area contributed by atoms with Crippen LogP contribution < -0.4 is 4.31 Å². The molecule has 0 spiro atoms. The monoisotopic (exact) mass is 379 g/mol. The third kappa shape index (κ3) is 3.41. The van der Waals surface area contributed by atoms with Gasteiger partial charge in [0, 0.05) is 17.1 Å². The summed E-state index contributed by atoms with van der Waals surface area (Å²) in [7, 11) is -3.69. The Bertz CT molecular complexity index is 886. The zero-order valence-corrected chi connectivity index (χ0v) is 16.1. The fourth-order valence-electron chi connectivity index (χ4n) is 3.04. The number of sulfonamides is 1. The SMILES string of the molecule is CC(C)(C)c1ccc(S(=O)(=O)N2CCC(O)c3cc(Cl)ccc32)cc1. The van der Waals surface area contributed by atoms with Gasteiger partial charge in [0.15, 0.2) is 0 Å². The van der Waals surface area contributed by atoms with E-state index in [4.69, 9.17) is 11.6 Å². The zero-order valence-electron chi connectivity index (χ0n) is 14.5. The molecule has 4 nitrogen and oxygen atoms in total. The van der Waals surface area contributed by atoms with Gasteiger partial charge in [-0.2, -0.15) is 0 Å². The number of fused-ring (bicyclic) bond motifs is 1. The van der Waals surface area contributed by atoms with E-state index in [0.29, 0.717) is 22.7 Å². The van der Waals surface area contributed by atoms with Crippen molar-refractivity contribution in [2.75, 3.05) is 10.8 Å². The smallest absolute Gasteiger partial charge is 0.264 e. The number of aliphatic hydroxyl groups excluding tert-OH is 1. The van der Waals surface area contributed by atoms with Crippen molar-refractivity contribution in [2.45, 2.75) is 43.6 Å². The number of rotatable bonds is 2. The highest BCUT2D eigenvalue weighted by Crippen LogP contribution is 2.38. The summed E-state index contributed by atoms with van der Waals surface area (Å²) in [6, 6.07) is 11.9. The van der Waals surface area contributed by atoms with E-state index in [1.165, 1.54) is 4.31 Å². The van der Waals surface area contributed by atoms with E-state index < -0.39 is 16.1 Å². The van der Waals surface area contributed by atoms with Crippen LogP contribution in [0.5, 0.6) is 0 Å². The van der Waals surface area contributed by atoms with Crippen molar-refractivity contribution in [3.05, 3.63) is 58.6 Å². The van der Waals surface area contributed by atoms with E-state index in [0.717, 1.165) is 5.56 Å². The standard InChI is InChI=1S/C19H22ClNO3S/c1-19(2,3)13-4-7-15(8-5-13)25(23,24)21-11-10-18(22)16-12-14(20)6-9-17(16)21/h4-9,12,18,22H,10-11H2,1-3H3. The number of nitrogens with zero attached hydrogens (tertiary/aromatic N) is 1. The lowest BCUT2D eigenvalue weighted by atomic mass is 9.87. The first-order chi connectivity index (χ1) is 11.6. The predicted octanol–water partition coefficient (Wildman–Crippen LogP) is 4.27. The van der Waals surface area contributed by atoms with Gasteiger partial charge in [-0.3, -0.25) is 4.31 Å². The minimum absolute atomic E-state index is 0.0408. The molecule has 1 unspecified atom stereocenters. The molecule has 1 atom stereocenters. The molecule has 1 aliphatic heterocycles. The van der Waals surface area contributed by atoms with Gasteiger partial charge in [0.2, 0.25) is 0 Å². The molecule has 25 heavy (non-hydrogen) atoms. The molecule has 0 aliphatic carbocycles. The number of aliphatic hydroxyl groups is 1. The van der Waals surface area contributed by atoms with Crippen LogP contribution in [0.2, 0.25) is 5.02 Å². The molecule has 0 saturated carbocycles. The molecule has 1 aliphatic rings. The fraction of sp³-hybridized carbons (Fsp3) is 0.368. The molecule has 0 bridgehead atoms. The first-order valence-electron chi connectivity index (χ1n) is 8.21. The second-order valence-corrected chi connectivity index (χ2v) is 9.66. The van der Waals surface area contributed by atoms with Crippen LogP contribution >= 0.6 is 11.6 Å². The summed E-state index contributed by atoms with van der Waals surface area (Å²) in [5.74, 6) is 0. The Morgan fingerprint density at radius 2 is 1.76 bits per heavy atom. The van der Waals surface area contributed by atoms with E-state index in [9.17, 15) is 13.5 Å². The second kappa shape index (κ2) is 6.31. The van der Waals surface area contributed by atoms with Crippen molar-refractivity contribution in [1.29, 1.82) is 0 Å². The largest absolute Gasteiger partial charge is 0.388 e. The third-order valence-electron chi connectivity index (χ3n) is 4.53. The van der Waals surface area contributed by atoms with Crippen LogP contribution in [0.3, 0.4) is 0 Å². The molecule has 0 aromatic heterocycles. The van der Waals surface area contributed by atoms with Gasteiger partial charge < -0.3 is 5.11 Å². The summed E-state index contributed by atoms with van der Waals surface area (Å²) in [5, 5.41) is 10.7. The number of hydrogen-bond donors (Lipinski definition) is 1. The first kappa shape index (κ1) is 18.2. The summed E-state index contributed by atoms with van der Waals surface area (Å²) < 4.78 is 27.6. The van der Waals surface area contributed by atoms with Gasteiger partial charge in [0.05, 0.1) is 16.7 Å². The maximum absolute atomic E-state index is 13.1. The van der Waals surface area contributed by atoms with Crippen molar-refractivity contribution >= 4 is 27.3 Å². The second-order valence-electron chi connectivity index (χ2n) is 7.36. The zero-order chi connectivity index (χ0) is 18.4. The molecule has 0 fully saturated rings. The van der Waals surface area contributed by atoms with Gasteiger partial charge in [-0.05, 0) is 47.7 Å². The molecule has 2 aromatic carbocycles. The molecule has 0 amide bonds. The van der Waals surface area contributed by atoms with Gasteiger partial charge >= 0.3 is 0 Å². The Morgan fingerprint density at radius 3 is 2.36 bits per heavy atom. The highest BCUT2D eigenvalue weighted by atomic mass is 35.5. The van der Waals surface area contributed by atoms with Gasteiger partial charge in [-0.25, -0.2) is 8.42 Å². The number of halogens is 1. The van der Waals surface area contributed by atoms with Crippen LogP contribution in [0.15, 0.2) is 47.4 Å². The van der Waals surface area contributed by atoms with Crippen molar-refractivity contribution in [3.8, 4) is 0 Å². The maximum Gasteiger partial charge on any atom is 0.264 e. The summed E-state index contributed by atoms with van der Waals surface area (Å²) >= 11 is 6.00. The number of benzene rings is 2. The lowest BCUT2D eigenvalue weighted by Crippen LogP contribution is -2.36. The minimum atomic E-state index is -3.69. The van der Waals surface area contributed by atoms with Crippen LogP contribution in [0, 0.1) is 0 Å². The van der Waals surface area contributed by atoms with Crippen LogP contribution in [0.1, 0.15) is 44.4 Å². The van der Waals surface area contributed by atoms with Gasteiger partial charge in [0.25, 0.3) is 10.0 Å². The van der Waals surface area contributed by atoms with Crippen molar-refractivity contribution in [2.24, 2.45) is 0 Å². The van der Waals surface area contributed by atoms with Crippen molar-refractivity contribution in [1.82, 2.24) is 0 Å². The Hall–Kier alpha value is -1.56. The summed E-state index contributed by atoms with van der Waals surface area (Å²) in [4.78, 5) is 0.248. The highest BCUT2D eigenvalue weighted by Gasteiger charge is 2.32. The summed E-state index contributed by atoms with van der Waals surface area (Å²) in [6.07, 6.45) is -0.365. The lowest BCUT2D eigenvalue weighted by Gasteiger charge is -2.33. The Kier molecular flexibility index (Phi) is 4.60. The molecule has 1 heterocycles. The first-order valence-corrected chi connectivity index (χ1v) is 10.0. The predicted molar refractivity (Wildman–Crippen MR) is 101 cm³/mol. The van der Waals surface area contributed by atoms with Gasteiger partial charge in [-0.1, -0.05) is 44.5 Å². The van der Waals surface area contributed by atoms with Crippen LogP contribution in [-0.2, 0) is 15.4 Å². The molecular weight excluding hydrogens is 358 g/mol. The van der Waals surface area contributed by atoms with E-state index in [1.807, 2.05) is 12.1 Å². The molecule has 134 valence electrons. The van der Waals surface area contributed by atoms with Gasteiger partial charge in [-0.15, -0.1) is 0 Å². The summed E-state index contributed by atoms with van der Waals surface area (Å²) in [6.45, 7) is 6.49. The van der Waals surface area contributed by atoms with E-state index in [1.54, 1.807) is 30.3 Å². The highest BCUT2D eigenvalue weighted by molar-refractivity contribution is 7.92. The van der Waals surface area contributed by atoms with Crippen LogP contribution in [0.4, 0.5) is 5.69 Å². The number of hydrogen-bond acceptors (Lipinski definition) is 3. The molecule has 6 heteroatoms. The molecule has 2 aromatic rings. The average Bonchev–Trinajstić information content (AvgIpc) is 2.55. The van der Waals surface area contributed by atoms with E-state index in [-0.39, 0.29) is 16.9 Å². The minimum Gasteiger partial charge on any atom is -0.388 e. The molecule has 0 saturated heterocycles. The molecular formula is C19H22ClNO3S. The van der Waals surface area contributed by atoms with Crippen molar-refractivity contribution in [3.63, 3.8) is 0 Å². The molecule has 3 rings (SSSR count). The number of anilines is 1. The van der Waals surface area contributed by atoms with Gasteiger partial charge in [0.1, 0.15) is 0 Å². The topological polar surface area (TPSA) is 57.6 Å². The van der Waals surface area contributed by atoms with E-state index >= 15 is 0 Å². The average molecular weight is 380 g/mol. The summed E-state index contributed by atoms with van der Waals surface area (Å²) in [5.41, 5.74) is 2.07. The molecule has 1 N–H and O–H groups in total. The fourth-order valence-corrected chi connectivity index (χ4v) is 4.72. The Labute approximate surface area is 154 Å². The maximum atomic E-state index is 13.1. The Balaban J connectivity index is 2.03. The molecule has 0 radical (unpaired) electrons. The van der Waals surface area contributed by atoms with E-state index in [2.05, 4.69) is 20.8 Å².